The zero-order chi connectivity index (χ0) is 22.0. The van der Waals surface area contributed by atoms with Crippen molar-refractivity contribution in [3.63, 3.8) is 0 Å². The number of nitrogens with zero attached hydrogens (tertiary/aromatic N) is 5. The van der Waals surface area contributed by atoms with E-state index in [1.54, 1.807) is 30.3 Å². The molecule has 0 saturated heterocycles. The Balaban J connectivity index is 1.89. The quantitative estimate of drug-likeness (QED) is 0.215. The molecule has 1 amide bonds. The Morgan fingerprint density at radius 2 is 1.97 bits per heavy atom. The number of amides is 1. The number of anilines is 1. The summed E-state index contributed by atoms with van der Waals surface area (Å²) in [5.41, 5.74) is 8.64. The molecule has 4 rings (SSSR count). The van der Waals surface area contributed by atoms with Crippen LogP contribution in [0.5, 0.6) is 0 Å². The second-order valence-corrected chi connectivity index (χ2v) is 6.55. The number of hydrogen-bond donors (Lipinski definition) is 2. The smallest absolute Gasteiger partial charge is 0.270 e. The molecule has 4 aromatic rings. The average Bonchev–Trinajstić information content (AvgIpc) is 3.04. The monoisotopic (exact) mass is 415 g/mol. The van der Waals surface area contributed by atoms with Crippen LogP contribution in [-0.2, 0) is 0 Å². The largest absolute Gasteiger partial charge is 0.383 e. The van der Waals surface area contributed by atoms with Crippen LogP contribution < -0.4 is 11.1 Å². The lowest BCUT2D eigenvalue weighted by molar-refractivity contribution is -0.384. The zero-order valence-corrected chi connectivity index (χ0v) is 16.2. The third-order valence-electron chi connectivity index (χ3n) is 4.51. The lowest BCUT2D eigenvalue weighted by Gasteiger charge is -2.02. The van der Waals surface area contributed by atoms with Crippen molar-refractivity contribution >= 4 is 45.8 Å². The van der Waals surface area contributed by atoms with Gasteiger partial charge in [-0.25, -0.2) is 9.97 Å². The van der Waals surface area contributed by atoms with E-state index in [-0.39, 0.29) is 23.6 Å². The van der Waals surface area contributed by atoms with Crippen LogP contribution in [0, 0.1) is 10.1 Å². The Labute approximate surface area is 175 Å². The minimum Gasteiger partial charge on any atom is -0.383 e. The summed E-state index contributed by atoms with van der Waals surface area (Å²) in [6.45, 7) is 3.84. The molecule has 10 nitrogen and oxygen atoms in total. The van der Waals surface area contributed by atoms with Gasteiger partial charge in [0.05, 0.1) is 22.2 Å². The third kappa shape index (κ3) is 3.69. The van der Waals surface area contributed by atoms with Crippen LogP contribution in [0.3, 0.4) is 0 Å². The number of fused-ring (bicyclic) bond motifs is 2. The number of rotatable bonds is 6. The number of nitrogen functional groups attached to an aromatic ring is 1. The number of nitrogens with two attached hydrogens (primary N) is 1. The molecule has 10 heteroatoms. The van der Waals surface area contributed by atoms with Gasteiger partial charge in [0, 0.05) is 24.2 Å². The maximum atomic E-state index is 12.7. The van der Waals surface area contributed by atoms with E-state index in [4.69, 9.17) is 5.73 Å². The predicted molar refractivity (Wildman–Crippen MR) is 118 cm³/mol. The molecule has 2 aromatic carbocycles. The van der Waals surface area contributed by atoms with Gasteiger partial charge >= 0.3 is 0 Å². The SMILES string of the molecule is C=CCNC(=O)c1c(N)n(N=Cc2cccc([N+](=O)[O-])c2)c2nc3ccccc3nc12. The van der Waals surface area contributed by atoms with Crippen molar-refractivity contribution < 1.29 is 9.72 Å². The molecule has 154 valence electrons. The maximum Gasteiger partial charge on any atom is 0.270 e. The number of hydrogen-bond acceptors (Lipinski definition) is 7. The molecule has 0 aliphatic carbocycles. The number of aromatic nitrogens is 3. The fraction of sp³-hybridized carbons (Fsp3) is 0.0476. The molecule has 2 aromatic heterocycles. The van der Waals surface area contributed by atoms with Gasteiger partial charge in [-0.1, -0.05) is 30.3 Å². The molecule has 0 fully saturated rings. The van der Waals surface area contributed by atoms with Gasteiger partial charge in [-0.05, 0) is 12.1 Å². The van der Waals surface area contributed by atoms with E-state index in [1.165, 1.54) is 23.0 Å². The van der Waals surface area contributed by atoms with Crippen LogP contribution in [-0.4, -0.2) is 38.2 Å². The van der Waals surface area contributed by atoms with E-state index in [1.807, 2.05) is 12.1 Å². The Bertz CT molecular complexity index is 1370. The summed E-state index contributed by atoms with van der Waals surface area (Å²) < 4.78 is 1.30. The van der Waals surface area contributed by atoms with E-state index in [0.29, 0.717) is 27.8 Å². The average molecular weight is 415 g/mol. The molecular weight excluding hydrogens is 398 g/mol. The summed E-state index contributed by atoms with van der Waals surface area (Å²) in [4.78, 5) is 32.4. The molecule has 0 spiro atoms. The molecule has 0 atom stereocenters. The number of nitro groups is 1. The topological polar surface area (TPSA) is 141 Å². The fourth-order valence-corrected chi connectivity index (χ4v) is 3.08. The van der Waals surface area contributed by atoms with E-state index < -0.39 is 10.8 Å². The Morgan fingerprint density at radius 3 is 2.68 bits per heavy atom. The molecule has 0 aliphatic rings. The minimum atomic E-state index is -0.490. The van der Waals surface area contributed by atoms with Crippen molar-refractivity contribution in [1.29, 1.82) is 0 Å². The molecular formula is C21H17N7O3. The number of carbonyl (C=O) groups excluding carboxylic acids is 1. The number of para-hydroxylation sites is 2. The summed E-state index contributed by atoms with van der Waals surface area (Å²) in [5.74, 6) is -0.384. The number of non-ortho nitro benzene ring substituents is 1. The van der Waals surface area contributed by atoms with Crippen molar-refractivity contribution in [2.24, 2.45) is 5.10 Å². The van der Waals surface area contributed by atoms with Gasteiger partial charge in [-0.15, -0.1) is 6.58 Å². The van der Waals surface area contributed by atoms with E-state index in [2.05, 4.69) is 27.0 Å². The van der Waals surface area contributed by atoms with Gasteiger partial charge in [0.1, 0.15) is 16.9 Å². The van der Waals surface area contributed by atoms with Gasteiger partial charge in [0.2, 0.25) is 0 Å². The van der Waals surface area contributed by atoms with Gasteiger partial charge in [-0.2, -0.15) is 9.78 Å². The highest BCUT2D eigenvalue weighted by Crippen LogP contribution is 2.27. The molecule has 0 saturated carbocycles. The van der Waals surface area contributed by atoms with E-state index >= 15 is 0 Å². The van der Waals surface area contributed by atoms with Gasteiger partial charge in [0.25, 0.3) is 11.6 Å². The standard InChI is InChI=1S/C21H17N7O3/c1-2-10-23-21(29)17-18-20(26-16-9-4-3-8-15(16)25-18)27(19(17)22)24-12-13-6-5-7-14(11-13)28(30)31/h2-9,11-12H,1,10,22H2,(H,23,29). The highest BCUT2D eigenvalue weighted by atomic mass is 16.6. The van der Waals surface area contributed by atoms with Crippen LogP contribution in [0.2, 0.25) is 0 Å². The summed E-state index contributed by atoms with van der Waals surface area (Å²) in [6, 6.07) is 13.2. The first kappa shape index (κ1) is 19.7. The van der Waals surface area contributed by atoms with Crippen molar-refractivity contribution in [2.45, 2.75) is 0 Å². The first-order valence-corrected chi connectivity index (χ1v) is 9.24. The van der Waals surface area contributed by atoms with Gasteiger partial charge in [-0.3, -0.25) is 14.9 Å². The molecule has 2 heterocycles. The minimum absolute atomic E-state index is 0.0496. The summed E-state index contributed by atoms with van der Waals surface area (Å²) in [7, 11) is 0. The van der Waals surface area contributed by atoms with Gasteiger partial charge in [0.15, 0.2) is 5.65 Å². The lowest BCUT2D eigenvalue weighted by atomic mass is 10.2. The highest BCUT2D eigenvalue weighted by molar-refractivity contribution is 6.10. The number of nitro benzene ring substituents is 1. The number of nitrogens with one attached hydrogen (secondary N) is 1. The van der Waals surface area contributed by atoms with Crippen LogP contribution in [0.1, 0.15) is 15.9 Å². The molecule has 3 N–H and O–H groups in total. The van der Waals surface area contributed by atoms with Crippen LogP contribution >= 0.6 is 0 Å². The number of benzene rings is 2. The van der Waals surface area contributed by atoms with E-state index in [9.17, 15) is 14.9 Å². The predicted octanol–water partition coefficient (Wildman–Crippen LogP) is 2.87. The molecule has 0 aliphatic heterocycles. The maximum absolute atomic E-state index is 12.7. The summed E-state index contributed by atoms with van der Waals surface area (Å²) >= 11 is 0. The van der Waals surface area contributed by atoms with Crippen LogP contribution in [0.25, 0.3) is 22.2 Å². The molecule has 0 radical (unpaired) electrons. The second-order valence-electron chi connectivity index (χ2n) is 6.55. The summed E-state index contributed by atoms with van der Waals surface area (Å²) in [5, 5.41) is 18.0. The normalized spacial score (nSPS) is 11.2. The second kappa shape index (κ2) is 8.03. The fourth-order valence-electron chi connectivity index (χ4n) is 3.08. The first-order chi connectivity index (χ1) is 15.0. The van der Waals surface area contributed by atoms with E-state index in [0.717, 1.165) is 0 Å². The Morgan fingerprint density at radius 1 is 1.23 bits per heavy atom. The Kier molecular flexibility index (Phi) is 5.10. The lowest BCUT2D eigenvalue weighted by Crippen LogP contribution is -2.24. The summed E-state index contributed by atoms with van der Waals surface area (Å²) in [6.07, 6.45) is 2.96. The van der Waals surface area contributed by atoms with Gasteiger partial charge < -0.3 is 11.1 Å². The number of carbonyl (C=O) groups is 1. The molecule has 31 heavy (non-hydrogen) atoms. The molecule has 0 unspecified atom stereocenters. The van der Waals surface area contributed by atoms with Crippen LogP contribution in [0.15, 0.2) is 66.3 Å². The molecule has 0 bridgehead atoms. The zero-order valence-electron chi connectivity index (χ0n) is 16.2. The van der Waals surface area contributed by atoms with Crippen molar-refractivity contribution in [2.75, 3.05) is 12.3 Å². The van der Waals surface area contributed by atoms with Crippen molar-refractivity contribution in [1.82, 2.24) is 20.0 Å². The highest BCUT2D eigenvalue weighted by Gasteiger charge is 2.23. The van der Waals surface area contributed by atoms with Crippen molar-refractivity contribution in [3.8, 4) is 0 Å². The third-order valence-corrected chi connectivity index (χ3v) is 4.51. The van der Waals surface area contributed by atoms with Crippen LogP contribution in [0.4, 0.5) is 11.5 Å². The van der Waals surface area contributed by atoms with Crippen molar-refractivity contribution in [3.05, 3.63) is 82.4 Å². The Hall–Kier alpha value is -4.60. The first-order valence-electron chi connectivity index (χ1n) is 9.24.